The topological polar surface area (TPSA) is 72.0 Å². The second kappa shape index (κ2) is 5.67. The van der Waals surface area contributed by atoms with Crippen molar-refractivity contribution >= 4 is 17.4 Å². The van der Waals surface area contributed by atoms with Crippen molar-refractivity contribution in [2.45, 2.75) is 6.61 Å². The molecule has 19 heavy (non-hydrogen) atoms. The summed E-state index contributed by atoms with van der Waals surface area (Å²) in [5, 5.41) is 7.60. The maximum atomic E-state index is 12.9. The number of aromatic nitrogens is 1. The van der Waals surface area contributed by atoms with Crippen molar-refractivity contribution in [2.24, 2.45) is 5.73 Å². The molecule has 0 fully saturated rings. The fraction of sp³-hybridized carbons (Fsp3) is 0.0769. The van der Waals surface area contributed by atoms with Gasteiger partial charge in [-0.05, 0) is 24.3 Å². The Hall–Kier alpha value is -2.14. The highest BCUT2D eigenvalue weighted by Gasteiger charge is 2.08. The number of hydrogen-bond donors (Lipinski definition) is 2. The van der Waals surface area contributed by atoms with Crippen molar-refractivity contribution in [3.05, 3.63) is 58.6 Å². The summed E-state index contributed by atoms with van der Waals surface area (Å²) >= 11 is 5.85. The van der Waals surface area contributed by atoms with E-state index in [0.717, 1.165) is 0 Å². The molecule has 0 saturated heterocycles. The molecule has 3 N–H and O–H groups in total. The van der Waals surface area contributed by atoms with Gasteiger partial charge in [0.2, 0.25) is 0 Å². The number of amidine groups is 1. The van der Waals surface area contributed by atoms with E-state index in [2.05, 4.69) is 4.98 Å². The summed E-state index contributed by atoms with van der Waals surface area (Å²) in [6, 6.07) is 7.35. The second-order valence-electron chi connectivity index (χ2n) is 3.79. The highest BCUT2D eigenvalue weighted by atomic mass is 35.5. The van der Waals surface area contributed by atoms with Gasteiger partial charge in [-0.25, -0.2) is 4.39 Å². The molecule has 4 nitrogen and oxygen atoms in total. The minimum Gasteiger partial charge on any atom is -0.487 e. The average molecular weight is 280 g/mol. The van der Waals surface area contributed by atoms with E-state index in [0.29, 0.717) is 17.0 Å². The van der Waals surface area contributed by atoms with Gasteiger partial charge in [0.25, 0.3) is 0 Å². The lowest BCUT2D eigenvalue weighted by molar-refractivity contribution is 0.305. The Kier molecular flexibility index (Phi) is 3.97. The highest BCUT2D eigenvalue weighted by molar-refractivity contribution is 6.32. The van der Waals surface area contributed by atoms with Crippen molar-refractivity contribution in [1.29, 1.82) is 5.41 Å². The first-order chi connectivity index (χ1) is 9.08. The Morgan fingerprint density at radius 2 is 2.21 bits per heavy atom. The lowest BCUT2D eigenvalue weighted by Crippen LogP contribution is -2.16. The van der Waals surface area contributed by atoms with E-state index >= 15 is 0 Å². The SMILES string of the molecule is N=C(N)c1ncccc1COc1ccc(F)cc1Cl. The number of nitrogens with zero attached hydrogens (tertiary/aromatic N) is 1. The quantitative estimate of drug-likeness (QED) is 0.668. The van der Waals surface area contributed by atoms with Gasteiger partial charge in [-0.3, -0.25) is 10.4 Å². The van der Waals surface area contributed by atoms with Gasteiger partial charge in [0, 0.05) is 11.8 Å². The van der Waals surface area contributed by atoms with Gasteiger partial charge in [0.1, 0.15) is 29.7 Å². The monoisotopic (exact) mass is 279 g/mol. The standard InChI is InChI=1S/C13H11ClFN3O/c14-10-6-9(15)3-4-11(10)19-7-8-2-1-5-18-12(8)13(16)17/h1-6H,7H2,(H3,16,17). The number of ether oxygens (including phenoxy) is 1. The van der Waals surface area contributed by atoms with Crippen LogP contribution in [0.25, 0.3) is 0 Å². The van der Waals surface area contributed by atoms with Gasteiger partial charge < -0.3 is 10.5 Å². The zero-order chi connectivity index (χ0) is 13.8. The number of nitrogens with one attached hydrogen (secondary N) is 1. The van der Waals surface area contributed by atoms with E-state index < -0.39 is 5.82 Å². The highest BCUT2D eigenvalue weighted by Crippen LogP contribution is 2.25. The van der Waals surface area contributed by atoms with Gasteiger partial charge in [-0.15, -0.1) is 0 Å². The van der Waals surface area contributed by atoms with Crippen LogP contribution in [0.15, 0.2) is 36.5 Å². The number of hydrogen-bond acceptors (Lipinski definition) is 3. The predicted octanol–water partition coefficient (Wildman–Crippen LogP) is 2.74. The second-order valence-corrected chi connectivity index (χ2v) is 4.20. The van der Waals surface area contributed by atoms with Gasteiger partial charge in [-0.1, -0.05) is 17.7 Å². The molecule has 2 rings (SSSR count). The molecule has 0 unspecified atom stereocenters. The maximum absolute atomic E-state index is 12.9. The Bertz CT molecular complexity index is 619. The minimum absolute atomic E-state index is 0.135. The average Bonchev–Trinajstić information content (AvgIpc) is 2.38. The Labute approximate surface area is 114 Å². The molecular formula is C13H11ClFN3O. The normalized spacial score (nSPS) is 10.2. The molecule has 0 bridgehead atoms. The van der Waals surface area contributed by atoms with Crippen LogP contribution in [0.4, 0.5) is 4.39 Å². The molecule has 0 aliphatic heterocycles. The molecular weight excluding hydrogens is 269 g/mol. The fourth-order valence-electron chi connectivity index (χ4n) is 1.55. The van der Waals surface area contributed by atoms with Crippen LogP contribution in [0.2, 0.25) is 5.02 Å². The first-order valence-corrected chi connectivity index (χ1v) is 5.82. The molecule has 0 spiro atoms. The Balaban J connectivity index is 2.17. The molecule has 0 amide bonds. The van der Waals surface area contributed by atoms with Gasteiger partial charge in [0.15, 0.2) is 0 Å². The van der Waals surface area contributed by atoms with E-state index in [1.165, 1.54) is 18.2 Å². The minimum atomic E-state index is -0.428. The van der Waals surface area contributed by atoms with Gasteiger partial charge in [-0.2, -0.15) is 0 Å². The molecule has 0 aliphatic carbocycles. The molecule has 0 aliphatic rings. The van der Waals surface area contributed by atoms with E-state index in [9.17, 15) is 4.39 Å². The van der Waals surface area contributed by atoms with Crippen molar-refractivity contribution in [3.8, 4) is 5.75 Å². The van der Waals surface area contributed by atoms with E-state index in [1.54, 1.807) is 18.3 Å². The van der Waals surface area contributed by atoms with Crippen LogP contribution in [-0.2, 0) is 6.61 Å². The van der Waals surface area contributed by atoms with Crippen LogP contribution in [0, 0.1) is 11.2 Å². The molecule has 1 heterocycles. The van der Waals surface area contributed by atoms with Crippen LogP contribution < -0.4 is 10.5 Å². The first kappa shape index (κ1) is 13.3. The van der Waals surface area contributed by atoms with Crippen LogP contribution in [-0.4, -0.2) is 10.8 Å². The number of nitrogen functional groups attached to an aromatic ring is 1. The van der Waals surface area contributed by atoms with Crippen LogP contribution >= 0.6 is 11.6 Å². The van der Waals surface area contributed by atoms with Crippen LogP contribution in [0.1, 0.15) is 11.3 Å². The van der Waals surface area contributed by atoms with Gasteiger partial charge in [0.05, 0.1) is 5.02 Å². The summed E-state index contributed by atoms with van der Waals surface area (Å²) in [6.07, 6.45) is 1.55. The summed E-state index contributed by atoms with van der Waals surface area (Å²) in [4.78, 5) is 4.00. The van der Waals surface area contributed by atoms with Crippen molar-refractivity contribution in [1.82, 2.24) is 4.98 Å². The van der Waals surface area contributed by atoms with Crippen LogP contribution in [0.3, 0.4) is 0 Å². The van der Waals surface area contributed by atoms with Crippen molar-refractivity contribution < 1.29 is 9.13 Å². The third kappa shape index (κ3) is 3.20. The van der Waals surface area contributed by atoms with E-state index in [4.69, 9.17) is 27.5 Å². The zero-order valence-electron chi connectivity index (χ0n) is 9.86. The number of rotatable bonds is 4. The zero-order valence-corrected chi connectivity index (χ0v) is 10.6. The Morgan fingerprint density at radius 3 is 2.89 bits per heavy atom. The maximum Gasteiger partial charge on any atom is 0.142 e. The van der Waals surface area contributed by atoms with Gasteiger partial charge >= 0.3 is 0 Å². The molecule has 0 saturated carbocycles. The molecule has 1 aromatic carbocycles. The lowest BCUT2D eigenvalue weighted by atomic mass is 10.2. The number of pyridine rings is 1. The summed E-state index contributed by atoms with van der Waals surface area (Å²) in [5.41, 5.74) is 6.45. The third-order valence-electron chi connectivity index (χ3n) is 2.42. The molecule has 98 valence electrons. The lowest BCUT2D eigenvalue weighted by Gasteiger charge is -2.10. The summed E-state index contributed by atoms with van der Waals surface area (Å²) in [6.45, 7) is 0.147. The molecule has 2 aromatic rings. The Morgan fingerprint density at radius 1 is 1.42 bits per heavy atom. The largest absolute Gasteiger partial charge is 0.487 e. The van der Waals surface area contributed by atoms with Crippen LogP contribution in [0.5, 0.6) is 5.75 Å². The summed E-state index contributed by atoms with van der Waals surface area (Å²) in [7, 11) is 0. The predicted molar refractivity (Wildman–Crippen MR) is 71.0 cm³/mol. The summed E-state index contributed by atoms with van der Waals surface area (Å²) < 4.78 is 18.4. The first-order valence-electron chi connectivity index (χ1n) is 5.44. The molecule has 0 radical (unpaired) electrons. The number of benzene rings is 1. The van der Waals surface area contributed by atoms with E-state index in [1.807, 2.05) is 0 Å². The number of halogens is 2. The molecule has 6 heteroatoms. The molecule has 0 atom stereocenters. The van der Waals surface area contributed by atoms with E-state index in [-0.39, 0.29) is 17.5 Å². The van der Waals surface area contributed by atoms with Crippen molar-refractivity contribution in [3.63, 3.8) is 0 Å². The van der Waals surface area contributed by atoms with Crippen molar-refractivity contribution in [2.75, 3.05) is 0 Å². The third-order valence-corrected chi connectivity index (χ3v) is 2.72. The smallest absolute Gasteiger partial charge is 0.142 e. The summed E-state index contributed by atoms with van der Waals surface area (Å²) in [5.74, 6) is -0.200. The molecule has 1 aromatic heterocycles. The number of nitrogens with two attached hydrogens (primary N) is 1. The fourth-order valence-corrected chi connectivity index (χ4v) is 1.77.